The Labute approximate surface area is 107 Å². The number of nitrogens with one attached hydrogen (secondary N) is 2. The monoisotopic (exact) mass is 276 g/mol. The van der Waals surface area contributed by atoms with Crippen molar-refractivity contribution in [1.29, 1.82) is 0 Å². The van der Waals surface area contributed by atoms with Crippen molar-refractivity contribution in [2.75, 3.05) is 11.9 Å². The van der Waals surface area contributed by atoms with E-state index in [1.54, 1.807) is 6.92 Å². The van der Waals surface area contributed by atoms with E-state index in [1.807, 2.05) is 5.32 Å². The van der Waals surface area contributed by atoms with E-state index in [-0.39, 0.29) is 12.0 Å². The van der Waals surface area contributed by atoms with Crippen LogP contribution >= 0.6 is 0 Å². The molecule has 1 aliphatic heterocycles. The average Bonchev–Trinajstić information content (AvgIpc) is 2.78. The van der Waals surface area contributed by atoms with Crippen LogP contribution in [0.15, 0.2) is 6.07 Å². The first-order chi connectivity index (χ1) is 8.91. The highest BCUT2D eigenvalue weighted by molar-refractivity contribution is 5.95. The Morgan fingerprint density at radius 3 is 2.32 bits per heavy atom. The molecule has 1 fully saturated rings. The number of amides is 1. The molecule has 3 nitrogen and oxygen atoms in total. The molecule has 0 aliphatic carbocycles. The van der Waals surface area contributed by atoms with Crippen LogP contribution in [0, 0.1) is 29.2 Å². The number of halogens is 4. The van der Waals surface area contributed by atoms with E-state index in [2.05, 4.69) is 5.32 Å². The molecule has 0 radical (unpaired) electrons. The zero-order chi connectivity index (χ0) is 14.2. The minimum atomic E-state index is -1.61. The Morgan fingerprint density at radius 1 is 1.26 bits per heavy atom. The molecule has 1 aromatic carbocycles. The SMILES string of the molecule is CC1CCNC1C(=O)Nc1c(F)c(F)cc(F)c1F. The Bertz CT molecular complexity index is 495. The van der Waals surface area contributed by atoms with Crippen molar-refractivity contribution in [2.24, 2.45) is 5.92 Å². The summed E-state index contributed by atoms with van der Waals surface area (Å²) in [6.45, 7) is 2.39. The van der Waals surface area contributed by atoms with Gasteiger partial charge in [0.1, 0.15) is 5.69 Å². The second kappa shape index (κ2) is 5.16. The molecule has 0 bridgehead atoms. The van der Waals surface area contributed by atoms with Crippen molar-refractivity contribution in [2.45, 2.75) is 19.4 Å². The fraction of sp³-hybridized carbons (Fsp3) is 0.417. The van der Waals surface area contributed by atoms with Crippen LogP contribution in [0.25, 0.3) is 0 Å². The highest BCUT2D eigenvalue weighted by Gasteiger charge is 2.31. The van der Waals surface area contributed by atoms with Crippen LogP contribution in [0.4, 0.5) is 23.2 Å². The molecule has 1 amide bonds. The molecule has 1 aromatic rings. The lowest BCUT2D eigenvalue weighted by atomic mass is 10.0. The number of carbonyl (C=O) groups is 1. The predicted octanol–water partition coefficient (Wildman–Crippen LogP) is 2.18. The zero-order valence-electron chi connectivity index (χ0n) is 10.1. The number of carbonyl (C=O) groups excluding carboxylic acids is 1. The summed E-state index contributed by atoms with van der Waals surface area (Å²) < 4.78 is 52.7. The van der Waals surface area contributed by atoms with Gasteiger partial charge in [0.25, 0.3) is 0 Å². The Balaban J connectivity index is 2.26. The lowest BCUT2D eigenvalue weighted by molar-refractivity contribution is -0.118. The molecule has 0 saturated carbocycles. The van der Waals surface area contributed by atoms with E-state index < -0.39 is 40.9 Å². The van der Waals surface area contributed by atoms with Gasteiger partial charge in [0, 0.05) is 6.07 Å². The summed E-state index contributed by atoms with van der Waals surface area (Å²) in [4.78, 5) is 11.8. The number of benzene rings is 1. The highest BCUT2D eigenvalue weighted by Crippen LogP contribution is 2.25. The van der Waals surface area contributed by atoms with Gasteiger partial charge in [0.15, 0.2) is 23.3 Å². The Kier molecular flexibility index (Phi) is 3.75. The van der Waals surface area contributed by atoms with Gasteiger partial charge in [0.05, 0.1) is 6.04 Å². The topological polar surface area (TPSA) is 41.1 Å². The van der Waals surface area contributed by atoms with Gasteiger partial charge in [-0.15, -0.1) is 0 Å². The van der Waals surface area contributed by atoms with Gasteiger partial charge in [0.2, 0.25) is 5.91 Å². The number of hydrogen-bond donors (Lipinski definition) is 2. The molecule has 2 atom stereocenters. The van der Waals surface area contributed by atoms with E-state index in [9.17, 15) is 22.4 Å². The molecule has 19 heavy (non-hydrogen) atoms. The first kappa shape index (κ1) is 13.8. The summed E-state index contributed by atoms with van der Waals surface area (Å²) in [6.07, 6.45) is 0.737. The maximum absolute atomic E-state index is 13.4. The average molecular weight is 276 g/mol. The first-order valence-electron chi connectivity index (χ1n) is 5.79. The van der Waals surface area contributed by atoms with Gasteiger partial charge in [-0.2, -0.15) is 0 Å². The van der Waals surface area contributed by atoms with E-state index in [1.165, 1.54) is 0 Å². The van der Waals surface area contributed by atoms with Gasteiger partial charge in [-0.3, -0.25) is 4.79 Å². The summed E-state index contributed by atoms with van der Waals surface area (Å²) in [5, 5.41) is 4.75. The predicted molar refractivity (Wildman–Crippen MR) is 60.5 cm³/mol. The van der Waals surface area contributed by atoms with Crippen molar-refractivity contribution in [3.8, 4) is 0 Å². The van der Waals surface area contributed by atoms with Crippen LogP contribution in [-0.2, 0) is 4.79 Å². The normalized spacial score (nSPS) is 22.6. The molecule has 104 valence electrons. The van der Waals surface area contributed by atoms with Gasteiger partial charge in [-0.1, -0.05) is 6.92 Å². The smallest absolute Gasteiger partial charge is 0.241 e. The van der Waals surface area contributed by atoms with E-state index >= 15 is 0 Å². The maximum Gasteiger partial charge on any atom is 0.241 e. The van der Waals surface area contributed by atoms with Gasteiger partial charge >= 0.3 is 0 Å². The molecule has 1 saturated heterocycles. The molecule has 0 spiro atoms. The maximum atomic E-state index is 13.4. The molecule has 0 aromatic heterocycles. The van der Waals surface area contributed by atoms with Crippen LogP contribution in [-0.4, -0.2) is 18.5 Å². The third-order valence-corrected chi connectivity index (χ3v) is 3.18. The van der Waals surface area contributed by atoms with Crippen molar-refractivity contribution < 1.29 is 22.4 Å². The molecule has 2 N–H and O–H groups in total. The van der Waals surface area contributed by atoms with Crippen LogP contribution in [0.5, 0.6) is 0 Å². The van der Waals surface area contributed by atoms with E-state index in [0.29, 0.717) is 6.54 Å². The zero-order valence-corrected chi connectivity index (χ0v) is 10.1. The van der Waals surface area contributed by atoms with Crippen LogP contribution < -0.4 is 10.6 Å². The quantitative estimate of drug-likeness (QED) is 0.642. The van der Waals surface area contributed by atoms with E-state index in [4.69, 9.17) is 0 Å². The van der Waals surface area contributed by atoms with E-state index in [0.717, 1.165) is 6.42 Å². The molecular formula is C12H12F4N2O. The molecule has 2 rings (SSSR count). The minimum Gasteiger partial charge on any atom is -0.320 e. The standard InChI is InChI=1S/C12H12F4N2O/c1-5-2-3-17-10(5)12(19)18-11-8(15)6(13)4-7(14)9(11)16/h4-5,10,17H,2-3H2,1H3,(H,18,19). The summed E-state index contributed by atoms with van der Waals surface area (Å²) >= 11 is 0. The molecule has 1 aliphatic rings. The van der Waals surface area contributed by atoms with Gasteiger partial charge in [-0.25, -0.2) is 17.6 Å². The van der Waals surface area contributed by atoms with Crippen molar-refractivity contribution in [1.82, 2.24) is 5.32 Å². The minimum absolute atomic E-state index is 0.0236. The molecule has 7 heteroatoms. The molecule has 2 unspecified atom stereocenters. The van der Waals surface area contributed by atoms with Crippen LogP contribution in [0.2, 0.25) is 0 Å². The fourth-order valence-electron chi connectivity index (χ4n) is 2.07. The Hall–Kier alpha value is -1.63. The highest BCUT2D eigenvalue weighted by atomic mass is 19.2. The molecular weight excluding hydrogens is 264 g/mol. The summed E-state index contributed by atoms with van der Waals surface area (Å²) in [5.41, 5.74) is -1.09. The number of hydrogen-bond acceptors (Lipinski definition) is 2. The third kappa shape index (κ3) is 2.56. The summed E-state index contributed by atoms with van der Waals surface area (Å²) in [5.74, 6) is -7.07. The second-order valence-electron chi connectivity index (χ2n) is 4.53. The molecule has 1 heterocycles. The van der Waals surface area contributed by atoms with Crippen LogP contribution in [0.3, 0.4) is 0 Å². The van der Waals surface area contributed by atoms with Gasteiger partial charge in [-0.05, 0) is 18.9 Å². The van der Waals surface area contributed by atoms with Crippen LogP contribution in [0.1, 0.15) is 13.3 Å². The first-order valence-corrected chi connectivity index (χ1v) is 5.79. The summed E-state index contributed by atoms with van der Waals surface area (Å²) in [7, 11) is 0. The van der Waals surface area contributed by atoms with Crippen molar-refractivity contribution in [3.63, 3.8) is 0 Å². The largest absolute Gasteiger partial charge is 0.320 e. The number of rotatable bonds is 2. The Morgan fingerprint density at radius 2 is 1.84 bits per heavy atom. The fourth-order valence-corrected chi connectivity index (χ4v) is 2.07. The van der Waals surface area contributed by atoms with Gasteiger partial charge < -0.3 is 10.6 Å². The third-order valence-electron chi connectivity index (χ3n) is 3.18. The lowest BCUT2D eigenvalue weighted by Crippen LogP contribution is -2.39. The van der Waals surface area contributed by atoms with Crippen molar-refractivity contribution in [3.05, 3.63) is 29.3 Å². The number of anilines is 1. The summed E-state index contributed by atoms with van der Waals surface area (Å²) in [6, 6.07) is -0.540. The second-order valence-corrected chi connectivity index (χ2v) is 4.53. The lowest BCUT2D eigenvalue weighted by Gasteiger charge is -2.16. The van der Waals surface area contributed by atoms with Crippen molar-refractivity contribution >= 4 is 11.6 Å².